The van der Waals surface area contributed by atoms with Crippen LogP contribution in [-0.2, 0) is 6.42 Å². The van der Waals surface area contributed by atoms with Crippen LogP contribution in [0.15, 0.2) is 39.6 Å². The molecule has 20 heavy (non-hydrogen) atoms. The molecule has 106 valence electrons. The van der Waals surface area contributed by atoms with Gasteiger partial charge in [0.25, 0.3) is 5.95 Å². The molecule has 0 spiro atoms. The van der Waals surface area contributed by atoms with Gasteiger partial charge in [0.05, 0.1) is 10.9 Å². The highest BCUT2D eigenvalue weighted by Gasteiger charge is 2.15. The molecule has 1 aromatic heterocycles. The first-order valence-electron chi connectivity index (χ1n) is 6.66. The summed E-state index contributed by atoms with van der Waals surface area (Å²) in [5, 5.41) is 0.624. The van der Waals surface area contributed by atoms with E-state index in [9.17, 15) is 4.79 Å². The molecule has 3 nitrogen and oxygen atoms in total. The summed E-state index contributed by atoms with van der Waals surface area (Å²) in [5.41, 5.74) is 1.22. The van der Waals surface area contributed by atoms with E-state index in [0.29, 0.717) is 35.5 Å². The maximum atomic E-state index is 12.6. The Labute approximate surface area is 131 Å². The van der Waals surface area contributed by atoms with Gasteiger partial charge in [-0.15, -0.1) is 0 Å². The second-order valence-corrected chi connectivity index (χ2v) is 5.71. The predicted molar refractivity (Wildman–Crippen MR) is 89.5 cm³/mol. The molecule has 0 aliphatic heterocycles. The Morgan fingerprint density at radius 3 is 2.90 bits per heavy atom. The van der Waals surface area contributed by atoms with Crippen LogP contribution in [0.4, 0.5) is 0 Å². The van der Waals surface area contributed by atoms with E-state index < -0.39 is 0 Å². The van der Waals surface area contributed by atoms with Gasteiger partial charge in [-0.2, -0.15) is 0 Å². The molecule has 0 saturated carbocycles. The fourth-order valence-electron chi connectivity index (χ4n) is 1.99. The van der Waals surface area contributed by atoms with Crippen molar-refractivity contribution in [2.45, 2.75) is 26.7 Å². The largest absolute Gasteiger partial charge is 0.461 e. The second-order valence-electron chi connectivity index (χ2n) is 4.47. The van der Waals surface area contributed by atoms with Gasteiger partial charge in [0.2, 0.25) is 0 Å². The number of rotatable bonds is 5. The topological polar surface area (TPSA) is 39.4 Å². The van der Waals surface area contributed by atoms with E-state index in [1.54, 1.807) is 0 Å². The molecule has 0 aliphatic rings. The lowest BCUT2D eigenvalue weighted by Crippen LogP contribution is -2.12. The van der Waals surface area contributed by atoms with Crippen molar-refractivity contribution >= 4 is 33.6 Å². The van der Waals surface area contributed by atoms with E-state index in [1.165, 1.54) is 0 Å². The van der Waals surface area contributed by atoms with Gasteiger partial charge in [0.15, 0.2) is 5.43 Å². The van der Waals surface area contributed by atoms with E-state index in [4.69, 9.17) is 9.15 Å². The molecule has 0 fully saturated rings. The Morgan fingerprint density at radius 2 is 2.20 bits per heavy atom. The molecule has 0 radical (unpaired) electrons. The molecule has 0 bridgehead atoms. The Kier molecular flexibility index (Phi) is 5.23. The zero-order valence-corrected chi connectivity index (χ0v) is 13.8. The Hall–Kier alpha value is -1.30. The van der Waals surface area contributed by atoms with Crippen molar-refractivity contribution in [3.63, 3.8) is 0 Å². The highest BCUT2D eigenvalue weighted by atomic mass is 127. The van der Waals surface area contributed by atoms with Gasteiger partial charge in [0, 0.05) is 3.57 Å². The number of ether oxygens (including phenoxy) is 1. The molecule has 0 amide bonds. The van der Waals surface area contributed by atoms with Crippen molar-refractivity contribution in [1.29, 1.82) is 0 Å². The summed E-state index contributed by atoms with van der Waals surface area (Å²) >= 11 is 2.19. The molecule has 1 heterocycles. The summed E-state index contributed by atoms with van der Waals surface area (Å²) in [7, 11) is 0. The van der Waals surface area contributed by atoms with Gasteiger partial charge >= 0.3 is 0 Å². The maximum absolute atomic E-state index is 12.6. The molecule has 4 heteroatoms. The van der Waals surface area contributed by atoms with Crippen molar-refractivity contribution in [3.8, 4) is 5.95 Å². The van der Waals surface area contributed by atoms with E-state index in [0.717, 1.165) is 9.99 Å². The number of hydrogen-bond acceptors (Lipinski definition) is 3. The van der Waals surface area contributed by atoms with Gasteiger partial charge in [-0.1, -0.05) is 25.5 Å². The van der Waals surface area contributed by atoms with E-state index in [1.807, 2.05) is 44.2 Å². The van der Waals surface area contributed by atoms with Gasteiger partial charge in [-0.25, -0.2) is 0 Å². The molecule has 0 aliphatic carbocycles. The van der Waals surface area contributed by atoms with Gasteiger partial charge in [-0.3, -0.25) is 4.79 Å². The first-order valence-corrected chi connectivity index (χ1v) is 7.74. The molecule has 1 aromatic carbocycles. The van der Waals surface area contributed by atoms with Crippen LogP contribution in [0.1, 0.15) is 25.8 Å². The SMILES string of the molecule is CC=CCOc1oc2ccc(I)cc2c(=O)c1CCC. The first-order chi connectivity index (χ1) is 9.67. The van der Waals surface area contributed by atoms with Crippen molar-refractivity contribution in [2.24, 2.45) is 0 Å². The number of hydrogen-bond donors (Lipinski definition) is 0. The minimum absolute atomic E-state index is 0.0158. The van der Waals surface area contributed by atoms with E-state index >= 15 is 0 Å². The molecule has 0 unspecified atom stereocenters. The molecule has 2 aromatic rings. The Balaban J connectivity index is 2.57. The monoisotopic (exact) mass is 384 g/mol. The third-order valence-electron chi connectivity index (χ3n) is 2.96. The van der Waals surface area contributed by atoms with Crippen LogP contribution in [0.25, 0.3) is 11.0 Å². The van der Waals surface area contributed by atoms with Crippen LogP contribution in [0, 0.1) is 3.57 Å². The van der Waals surface area contributed by atoms with E-state index in [-0.39, 0.29) is 5.43 Å². The van der Waals surface area contributed by atoms with Crippen LogP contribution in [0.2, 0.25) is 0 Å². The Morgan fingerprint density at radius 1 is 1.40 bits per heavy atom. The lowest BCUT2D eigenvalue weighted by atomic mass is 10.1. The summed E-state index contributed by atoms with van der Waals surface area (Å²) in [6, 6.07) is 5.59. The molecule has 0 N–H and O–H groups in total. The quantitative estimate of drug-likeness (QED) is 0.570. The highest BCUT2D eigenvalue weighted by molar-refractivity contribution is 14.1. The summed E-state index contributed by atoms with van der Waals surface area (Å²) in [5.74, 6) is 0.351. The van der Waals surface area contributed by atoms with Crippen molar-refractivity contribution in [3.05, 3.63) is 49.7 Å². The average molecular weight is 384 g/mol. The van der Waals surface area contributed by atoms with Crippen LogP contribution in [0.5, 0.6) is 5.95 Å². The standard InChI is InChI=1S/C16H17IO3/c1-3-5-9-19-16-12(6-4-2)15(18)13-10-11(17)7-8-14(13)20-16/h3,5,7-8,10H,4,6,9H2,1-2H3. The molecular formula is C16H17IO3. The van der Waals surface area contributed by atoms with Crippen molar-refractivity contribution in [1.82, 2.24) is 0 Å². The van der Waals surface area contributed by atoms with Crippen LogP contribution in [0.3, 0.4) is 0 Å². The van der Waals surface area contributed by atoms with Crippen LogP contribution in [-0.4, -0.2) is 6.61 Å². The zero-order valence-electron chi connectivity index (χ0n) is 11.6. The summed E-state index contributed by atoms with van der Waals surface area (Å²) in [4.78, 5) is 12.6. The molecule has 2 rings (SSSR count). The summed E-state index contributed by atoms with van der Waals surface area (Å²) in [6.07, 6.45) is 5.32. The molecule has 0 atom stereocenters. The zero-order chi connectivity index (χ0) is 14.5. The van der Waals surface area contributed by atoms with Crippen LogP contribution >= 0.6 is 22.6 Å². The lowest BCUT2D eigenvalue weighted by Gasteiger charge is -2.09. The Bertz CT molecular complexity index is 686. The van der Waals surface area contributed by atoms with Crippen molar-refractivity contribution in [2.75, 3.05) is 6.61 Å². The number of allylic oxidation sites excluding steroid dienone is 1. The molecule has 0 saturated heterocycles. The van der Waals surface area contributed by atoms with Crippen molar-refractivity contribution < 1.29 is 9.15 Å². The van der Waals surface area contributed by atoms with Crippen LogP contribution < -0.4 is 10.2 Å². The summed E-state index contributed by atoms with van der Waals surface area (Å²) < 4.78 is 12.4. The van der Waals surface area contributed by atoms with Gasteiger partial charge in [0.1, 0.15) is 12.2 Å². The average Bonchev–Trinajstić information content (AvgIpc) is 2.44. The fraction of sp³-hybridized carbons (Fsp3) is 0.312. The number of fused-ring (bicyclic) bond motifs is 1. The maximum Gasteiger partial charge on any atom is 0.292 e. The minimum Gasteiger partial charge on any atom is -0.461 e. The highest BCUT2D eigenvalue weighted by Crippen LogP contribution is 2.24. The third-order valence-corrected chi connectivity index (χ3v) is 3.63. The van der Waals surface area contributed by atoms with Gasteiger partial charge < -0.3 is 9.15 Å². The van der Waals surface area contributed by atoms with E-state index in [2.05, 4.69) is 22.6 Å². The fourth-order valence-corrected chi connectivity index (χ4v) is 2.48. The number of halogens is 1. The predicted octanol–water partition coefficient (Wildman–Crippen LogP) is 4.31. The first kappa shape index (κ1) is 15.1. The smallest absolute Gasteiger partial charge is 0.292 e. The third kappa shape index (κ3) is 3.23. The summed E-state index contributed by atoms with van der Waals surface area (Å²) in [6.45, 7) is 4.37. The molecular weight excluding hydrogens is 367 g/mol. The number of benzene rings is 1. The lowest BCUT2D eigenvalue weighted by molar-refractivity contribution is 0.271. The minimum atomic E-state index is 0.0158. The second kappa shape index (κ2) is 6.92. The van der Waals surface area contributed by atoms with Gasteiger partial charge in [-0.05, 0) is 54.1 Å². The normalized spacial score (nSPS) is 11.3.